The molecular formula is C8H6N2O3. The first-order chi connectivity index (χ1) is 6.22. The zero-order chi connectivity index (χ0) is 9.68. The van der Waals surface area contributed by atoms with E-state index in [0.29, 0.717) is 11.4 Å². The van der Waals surface area contributed by atoms with Crippen LogP contribution < -0.4 is 5.32 Å². The molecule has 0 unspecified atom stereocenters. The molecule has 0 saturated carbocycles. The molecule has 5 nitrogen and oxygen atoms in total. The van der Waals surface area contributed by atoms with Gasteiger partial charge in [0.15, 0.2) is 0 Å². The van der Waals surface area contributed by atoms with Crippen molar-refractivity contribution in [3.05, 3.63) is 24.3 Å². The highest BCUT2D eigenvalue weighted by Crippen LogP contribution is 2.15. The number of benzene rings is 1. The Morgan fingerprint density at radius 3 is 2.46 bits per heavy atom. The first-order valence-electron chi connectivity index (χ1n) is 3.40. The summed E-state index contributed by atoms with van der Waals surface area (Å²) in [5.41, 5.74) is 0.864. The predicted octanol–water partition coefficient (Wildman–Crippen LogP) is 1.74. The van der Waals surface area contributed by atoms with E-state index in [1.54, 1.807) is 0 Å². The molecule has 0 spiro atoms. The fraction of sp³-hybridized carbons (Fsp3) is 0. The third kappa shape index (κ3) is 2.76. The molecule has 0 fully saturated rings. The lowest BCUT2D eigenvalue weighted by atomic mass is 10.3. The second-order valence-corrected chi connectivity index (χ2v) is 2.18. The second kappa shape index (κ2) is 4.04. The monoisotopic (exact) mass is 178 g/mol. The Morgan fingerprint density at radius 1 is 1.38 bits per heavy atom. The van der Waals surface area contributed by atoms with Crippen LogP contribution >= 0.6 is 0 Å². The van der Waals surface area contributed by atoms with Gasteiger partial charge in [-0.05, 0) is 24.3 Å². The number of carboxylic acid groups (broad SMARTS) is 1. The van der Waals surface area contributed by atoms with Gasteiger partial charge in [-0.25, -0.2) is 9.59 Å². The lowest BCUT2D eigenvalue weighted by Crippen LogP contribution is -2.06. The van der Waals surface area contributed by atoms with Crippen molar-refractivity contribution in [2.45, 2.75) is 0 Å². The van der Waals surface area contributed by atoms with E-state index >= 15 is 0 Å². The third-order valence-electron chi connectivity index (χ3n) is 1.29. The Kier molecular flexibility index (Phi) is 2.78. The van der Waals surface area contributed by atoms with Crippen molar-refractivity contribution in [3.63, 3.8) is 0 Å². The molecule has 0 aliphatic rings. The summed E-state index contributed by atoms with van der Waals surface area (Å²) < 4.78 is 0. The maximum Gasteiger partial charge on any atom is 0.409 e. The highest BCUT2D eigenvalue weighted by Gasteiger charge is 1.96. The number of isocyanates is 1. The van der Waals surface area contributed by atoms with Crippen molar-refractivity contribution in [2.75, 3.05) is 5.32 Å². The van der Waals surface area contributed by atoms with Crippen molar-refractivity contribution in [1.82, 2.24) is 0 Å². The molecular weight excluding hydrogens is 172 g/mol. The fourth-order valence-corrected chi connectivity index (χ4v) is 0.795. The predicted molar refractivity (Wildman–Crippen MR) is 45.9 cm³/mol. The van der Waals surface area contributed by atoms with Gasteiger partial charge >= 0.3 is 6.09 Å². The number of nitrogens with one attached hydrogen (secondary N) is 1. The molecule has 0 atom stereocenters. The zero-order valence-corrected chi connectivity index (χ0v) is 6.52. The smallest absolute Gasteiger partial charge is 0.409 e. The zero-order valence-electron chi connectivity index (χ0n) is 6.52. The van der Waals surface area contributed by atoms with E-state index in [-0.39, 0.29) is 0 Å². The number of anilines is 1. The molecule has 1 aromatic carbocycles. The third-order valence-corrected chi connectivity index (χ3v) is 1.29. The van der Waals surface area contributed by atoms with Gasteiger partial charge in [0.1, 0.15) is 0 Å². The van der Waals surface area contributed by atoms with Gasteiger partial charge in [-0.15, -0.1) is 0 Å². The Labute approximate surface area is 73.7 Å². The number of carbonyl (C=O) groups is 1. The SMILES string of the molecule is O=C=Nc1ccc(NC(=O)O)cc1. The van der Waals surface area contributed by atoms with Crippen molar-refractivity contribution in [3.8, 4) is 0 Å². The summed E-state index contributed by atoms with van der Waals surface area (Å²) in [5.74, 6) is 0. The maximum absolute atomic E-state index is 10.2. The van der Waals surface area contributed by atoms with E-state index in [0.717, 1.165) is 0 Å². The molecule has 0 aliphatic heterocycles. The molecule has 13 heavy (non-hydrogen) atoms. The van der Waals surface area contributed by atoms with Crippen LogP contribution in [0.1, 0.15) is 0 Å². The van der Waals surface area contributed by atoms with Crippen molar-refractivity contribution in [2.24, 2.45) is 4.99 Å². The maximum atomic E-state index is 10.2. The number of rotatable bonds is 2. The van der Waals surface area contributed by atoms with Gasteiger partial charge in [0.05, 0.1) is 5.69 Å². The van der Waals surface area contributed by atoms with Crippen LogP contribution in [0.5, 0.6) is 0 Å². The van der Waals surface area contributed by atoms with Crippen LogP contribution in [0.15, 0.2) is 29.3 Å². The van der Waals surface area contributed by atoms with E-state index in [1.807, 2.05) is 0 Å². The molecule has 0 radical (unpaired) electrons. The van der Waals surface area contributed by atoms with Crippen LogP contribution in [0.3, 0.4) is 0 Å². The highest BCUT2D eigenvalue weighted by molar-refractivity contribution is 5.83. The van der Waals surface area contributed by atoms with Gasteiger partial charge < -0.3 is 5.11 Å². The minimum absolute atomic E-state index is 0.428. The molecule has 1 amide bonds. The van der Waals surface area contributed by atoms with Gasteiger partial charge in [0.2, 0.25) is 6.08 Å². The van der Waals surface area contributed by atoms with Crippen molar-refractivity contribution in [1.29, 1.82) is 0 Å². The first-order valence-corrected chi connectivity index (χ1v) is 3.40. The van der Waals surface area contributed by atoms with Gasteiger partial charge in [0, 0.05) is 5.69 Å². The normalized spacial score (nSPS) is 8.62. The second-order valence-electron chi connectivity index (χ2n) is 2.18. The van der Waals surface area contributed by atoms with E-state index in [1.165, 1.54) is 30.3 Å². The Balaban J connectivity index is 2.80. The fourth-order valence-electron chi connectivity index (χ4n) is 0.795. The largest absolute Gasteiger partial charge is 0.465 e. The molecule has 0 aromatic heterocycles. The summed E-state index contributed by atoms with van der Waals surface area (Å²) in [6, 6.07) is 6.03. The molecule has 2 N–H and O–H groups in total. The Bertz CT molecular complexity index is 352. The van der Waals surface area contributed by atoms with Crippen LogP contribution in [0, 0.1) is 0 Å². The van der Waals surface area contributed by atoms with Crippen LogP contribution in [0.2, 0.25) is 0 Å². The molecule has 1 aromatic rings. The topological polar surface area (TPSA) is 78.8 Å². The van der Waals surface area contributed by atoms with Gasteiger partial charge in [-0.2, -0.15) is 4.99 Å². The van der Waals surface area contributed by atoms with Crippen LogP contribution in [-0.2, 0) is 4.79 Å². The van der Waals surface area contributed by atoms with E-state index in [2.05, 4.69) is 10.3 Å². The minimum Gasteiger partial charge on any atom is -0.465 e. The van der Waals surface area contributed by atoms with E-state index < -0.39 is 6.09 Å². The average molecular weight is 178 g/mol. The van der Waals surface area contributed by atoms with E-state index in [4.69, 9.17) is 5.11 Å². The quantitative estimate of drug-likeness (QED) is 0.534. The van der Waals surface area contributed by atoms with Gasteiger partial charge in [-0.3, -0.25) is 5.32 Å². The van der Waals surface area contributed by atoms with Crippen molar-refractivity contribution >= 4 is 23.5 Å². The summed E-state index contributed by atoms with van der Waals surface area (Å²) in [7, 11) is 0. The Morgan fingerprint density at radius 2 is 2.00 bits per heavy atom. The first kappa shape index (κ1) is 8.96. The van der Waals surface area contributed by atoms with Crippen LogP contribution in [0.4, 0.5) is 16.2 Å². The number of aliphatic imine (C=N–C) groups is 1. The summed E-state index contributed by atoms with van der Waals surface area (Å²) in [6.45, 7) is 0. The van der Waals surface area contributed by atoms with Gasteiger partial charge in [0.25, 0.3) is 0 Å². The lowest BCUT2D eigenvalue weighted by molar-refractivity contribution is 0.210. The molecule has 1 rings (SSSR count). The lowest BCUT2D eigenvalue weighted by Gasteiger charge is -1.98. The number of carbonyl (C=O) groups excluding carboxylic acids is 1. The summed E-state index contributed by atoms with van der Waals surface area (Å²) in [6.07, 6.45) is 0.250. The van der Waals surface area contributed by atoms with Crippen molar-refractivity contribution < 1.29 is 14.7 Å². The molecule has 0 heterocycles. The van der Waals surface area contributed by atoms with Crippen LogP contribution in [0.25, 0.3) is 0 Å². The minimum atomic E-state index is -1.13. The van der Waals surface area contributed by atoms with Crippen LogP contribution in [-0.4, -0.2) is 17.3 Å². The molecule has 5 heteroatoms. The number of hydrogen-bond acceptors (Lipinski definition) is 3. The summed E-state index contributed by atoms with van der Waals surface area (Å²) in [5, 5.41) is 10.5. The van der Waals surface area contributed by atoms with E-state index in [9.17, 15) is 9.59 Å². The summed E-state index contributed by atoms with van der Waals surface area (Å²) >= 11 is 0. The highest BCUT2D eigenvalue weighted by atomic mass is 16.4. The molecule has 0 aliphatic carbocycles. The molecule has 66 valence electrons. The number of amides is 1. The molecule has 0 bridgehead atoms. The number of hydrogen-bond donors (Lipinski definition) is 2. The van der Waals surface area contributed by atoms with Gasteiger partial charge in [-0.1, -0.05) is 0 Å². The number of nitrogens with zero attached hydrogens (tertiary/aromatic N) is 1. The summed E-state index contributed by atoms with van der Waals surface area (Å²) in [4.78, 5) is 23.4. The Hall–Kier alpha value is -2.13. The average Bonchev–Trinajstić information content (AvgIpc) is 2.08. The molecule has 0 saturated heterocycles. The standard InChI is InChI=1S/C8H6N2O3/c11-5-9-6-1-3-7(4-2-6)10-8(12)13/h1-4,10H,(H,12,13).